The second-order valence-corrected chi connectivity index (χ2v) is 15.5. The first kappa shape index (κ1) is 52.7. The van der Waals surface area contributed by atoms with Crippen molar-refractivity contribution >= 4 is 19.8 Å². The van der Waals surface area contributed by atoms with Crippen molar-refractivity contribution < 1.29 is 42.7 Å². The van der Waals surface area contributed by atoms with E-state index in [9.17, 15) is 19.0 Å². The Morgan fingerprint density at radius 1 is 0.600 bits per heavy atom. The minimum absolute atomic E-state index is 0.00287. The zero-order chi connectivity index (χ0) is 40.5. The molecule has 55 heavy (non-hydrogen) atoms. The molecule has 0 aliphatic heterocycles. The second kappa shape index (κ2) is 39.9. The van der Waals surface area contributed by atoms with Crippen LogP contribution in [-0.4, -0.2) is 60.5 Å². The van der Waals surface area contributed by atoms with Crippen LogP contribution < -0.4 is 5.73 Å². The standard InChI is InChI=1S/C44H78NO9P/c1-3-5-7-9-11-13-15-17-19-20-21-22-23-24-26-28-30-32-34-36-43(46)54-41(39-52-55(49,50)53-40-42(45)44(47)48)38-51-37-35-33-31-29-27-25-18-16-14-12-10-8-6-4-2/h5,7,11,13,17,19,21-22,24,26,41-42H,3-4,6,8-10,12,14-16,18,20,23,25,27-40,45H2,1-2H3,(H,47,48)(H,49,50)/b7-5-,13-11-,19-17-,22-21-,26-24-. The minimum Gasteiger partial charge on any atom is -0.480 e. The molecule has 3 unspecified atom stereocenters. The number of hydrogen-bond acceptors (Lipinski definition) is 8. The van der Waals surface area contributed by atoms with Crippen molar-refractivity contribution in [2.75, 3.05) is 26.4 Å². The van der Waals surface area contributed by atoms with E-state index in [1.54, 1.807) is 0 Å². The van der Waals surface area contributed by atoms with Gasteiger partial charge in [-0.2, -0.15) is 0 Å². The van der Waals surface area contributed by atoms with Crippen LogP contribution in [0.2, 0.25) is 0 Å². The summed E-state index contributed by atoms with van der Waals surface area (Å²) in [5.41, 5.74) is 5.35. The summed E-state index contributed by atoms with van der Waals surface area (Å²) in [5.74, 6) is -1.81. The average molecular weight is 796 g/mol. The summed E-state index contributed by atoms with van der Waals surface area (Å²) >= 11 is 0. The van der Waals surface area contributed by atoms with Gasteiger partial charge in [-0.3, -0.25) is 18.6 Å². The van der Waals surface area contributed by atoms with Crippen LogP contribution >= 0.6 is 7.82 Å². The number of allylic oxidation sites excluding steroid dienone is 10. The van der Waals surface area contributed by atoms with Crippen molar-refractivity contribution in [3.05, 3.63) is 60.8 Å². The lowest BCUT2D eigenvalue weighted by Crippen LogP contribution is -2.34. The summed E-state index contributed by atoms with van der Waals surface area (Å²) in [4.78, 5) is 33.5. The van der Waals surface area contributed by atoms with Crippen LogP contribution in [0.4, 0.5) is 0 Å². The molecule has 0 aromatic carbocycles. The Balaban J connectivity index is 4.33. The number of carbonyl (C=O) groups is 2. The predicted molar refractivity (Wildman–Crippen MR) is 226 cm³/mol. The molecule has 0 aliphatic rings. The van der Waals surface area contributed by atoms with E-state index in [4.69, 9.17) is 29.4 Å². The number of nitrogens with two attached hydrogens (primary N) is 1. The summed E-state index contributed by atoms with van der Waals surface area (Å²) in [5, 5.41) is 8.89. The van der Waals surface area contributed by atoms with Gasteiger partial charge in [0.15, 0.2) is 0 Å². The molecule has 0 heterocycles. The summed E-state index contributed by atoms with van der Waals surface area (Å²) in [6.45, 7) is 3.72. The molecule has 0 saturated carbocycles. The Labute approximate surface area is 334 Å². The number of unbranched alkanes of at least 4 members (excludes halogenated alkanes) is 16. The fourth-order valence-electron chi connectivity index (χ4n) is 5.51. The summed E-state index contributed by atoms with van der Waals surface area (Å²) in [6.07, 6.45) is 47.0. The van der Waals surface area contributed by atoms with Crippen molar-refractivity contribution in [3.63, 3.8) is 0 Å². The molecular formula is C44H78NO9P. The largest absolute Gasteiger partial charge is 0.480 e. The normalized spacial score (nSPS) is 14.5. The van der Waals surface area contributed by atoms with Gasteiger partial charge in [0.05, 0.1) is 19.8 Å². The number of hydrogen-bond donors (Lipinski definition) is 3. The van der Waals surface area contributed by atoms with Gasteiger partial charge in [0.1, 0.15) is 12.1 Å². The van der Waals surface area contributed by atoms with Crippen molar-refractivity contribution in [1.82, 2.24) is 0 Å². The van der Waals surface area contributed by atoms with Gasteiger partial charge in [0.2, 0.25) is 0 Å². The first-order valence-electron chi connectivity index (χ1n) is 21.3. The van der Waals surface area contributed by atoms with E-state index in [2.05, 4.69) is 74.6 Å². The Kier molecular flexibility index (Phi) is 38.2. The van der Waals surface area contributed by atoms with E-state index in [0.29, 0.717) is 13.0 Å². The lowest BCUT2D eigenvalue weighted by molar-refractivity contribution is -0.154. The van der Waals surface area contributed by atoms with Gasteiger partial charge < -0.3 is 25.2 Å². The van der Waals surface area contributed by atoms with Gasteiger partial charge in [-0.1, -0.05) is 164 Å². The number of carbonyl (C=O) groups excluding carboxylic acids is 1. The van der Waals surface area contributed by atoms with E-state index in [-0.39, 0.29) is 13.0 Å². The lowest BCUT2D eigenvalue weighted by Gasteiger charge is -2.20. The lowest BCUT2D eigenvalue weighted by atomic mass is 10.0. The maximum Gasteiger partial charge on any atom is 0.472 e. The fourth-order valence-corrected chi connectivity index (χ4v) is 6.29. The third-order valence-corrected chi connectivity index (χ3v) is 9.76. The Morgan fingerprint density at radius 3 is 1.56 bits per heavy atom. The predicted octanol–water partition coefficient (Wildman–Crippen LogP) is 11.6. The van der Waals surface area contributed by atoms with Crippen molar-refractivity contribution in [1.29, 1.82) is 0 Å². The average Bonchev–Trinajstić information content (AvgIpc) is 3.16. The maximum atomic E-state index is 12.6. The molecule has 0 bridgehead atoms. The number of ether oxygens (including phenoxy) is 2. The minimum atomic E-state index is -4.62. The molecule has 0 fully saturated rings. The molecular weight excluding hydrogens is 717 g/mol. The van der Waals surface area contributed by atoms with Gasteiger partial charge in [-0.25, -0.2) is 4.57 Å². The Hall–Kier alpha value is -2.33. The van der Waals surface area contributed by atoms with Crippen LogP contribution in [0.5, 0.6) is 0 Å². The van der Waals surface area contributed by atoms with Crippen LogP contribution in [0.25, 0.3) is 0 Å². The van der Waals surface area contributed by atoms with Crippen LogP contribution in [0.3, 0.4) is 0 Å². The monoisotopic (exact) mass is 796 g/mol. The van der Waals surface area contributed by atoms with Crippen molar-refractivity contribution in [3.8, 4) is 0 Å². The number of aliphatic carboxylic acids is 1. The molecule has 0 amide bonds. The quantitative estimate of drug-likeness (QED) is 0.0236. The van der Waals surface area contributed by atoms with Gasteiger partial charge in [0.25, 0.3) is 0 Å². The molecule has 11 heteroatoms. The molecule has 0 radical (unpaired) electrons. The highest BCUT2D eigenvalue weighted by Gasteiger charge is 2.27. The molecule has 0 rings (SSSR count). The second-order valence-electron chi connectivity index (χ2n) is 14.1. The third-order valence-electron chi connectivity index (χ3n) is 8.81. The van der Waals surface area contributed by atoms with E-state index < -0.39 is 45.1 Å². The molecule has 0 spiro atoms. The van der Waals surface area contributed by atoms with Gasteiger partial charge in [0, 0.05) is 13.0 Å². The molecule has 10 nitrogen and oxygen atoms in total. The zero-order valence-corrected chi connectivity index (χ0v) is 35.4. The van der Waals surface area contributed by atoms with Crippen LogP contribution in [0.1, 0.15) is 168 Å². The highest BCUT2D eigenvalue weighted by Crippen LogP contribution is 2.43. The summed E-state index contributed by atoms with van der Waals surface area (Å²) in [6, 6.07) is -1.48. The van der Waals surface area contributed by atoms with Crippen LogP contribution in [0, 0.1) is 0 Å². The molecule has 0 saturated heterocycles. The summed E-state index contributed by atoms with van der Waals surface area (Å²) < 4.78 is 33.3. The number of rotatable bonds is 40. The number of carboxylic acid groups (broad SMARTS) is 1. The van der Waals surface area contributed by atoms with Gasteiger partial charge in [-0.05, 0) is 57.8 Å². The van der Waals surface area contributed by atoms with E-state index >= 15 is 0 Å². The van der Waals surface area contributed by atoms with Crippen molar-refractivity contribution in [2.45, 2.75) is 180 Å². The number of phosphoric ester groups is 1. The topological polar surface area (TPSA) is 155 Å². The highest BCUT2D eigenvalue weighted by molar-refractivity contribution is 7.47. The van der Waals surface area contributed by atoms with E-state index in [1.807, 2.05) is 0 Å². The van der Waals surface area contributed by atoms with Crippen LogP contribution in [-0.2, 0) is 32.7 Å². The summed E-state index contributed by atoms with van der Waals surface area (Å²) in [7, 11) is -4.62. The molecule has 318 valence electrons. The molecule has 3 atom stereocenters. The zero-order valence-electron chi connectivity index (χ0n) is 34.5. The Morgan fingerprint density at radius 2 is 1.05 bits per heavy atom. The van der Waals surface area contributed by atoms with E-state index in [1.165, 1.54) is 70.6 Å². The number of esters is 1. The number of phosphoric acid groups is 1. The number of carboxylic acids is 1. The highest BCUT2D eigenvalue weighted by atomic mass is 31.2. The third kappa shape index (κ3) is 39.7. The first-order valence-corrected chi connectivity index (χ1v) is 22.8. The van der Waals surface area contributed by atoms with E-state index in [0.717, 1.165) is 70.6 Å². The SMILES string of the molecule is CC/C=C\C/C=C\C/C=C\C/C=C\C/C=C\CCCCCC(=O)OC(COCCCCCCCCCCCCCCCC)COP(=O)(O)OCC(N)C(=O)O. The molecule has 0 aromatic rings. The fraction of sp³-hybridized carbons (Fsp3) is 0.727. The molecule has 0 aliphatic carbocycles. The molecule has 4 N–H and O–H groups in total. The van der Waals surface area contributed by atoms with Gasteiger partial charge >= 0.3 is 19.8 Å². The van der Waals surface area contributed by atoms with Crippen molar-refractivity contribution in [2.24, 2.45) is 5.73 Å². The Bertz CT molecular complexity index is 1100. The first-order chi connectivity index (χ1) is 26.7. The maximum absolute atomic E-state index is 12.6. The van der Waals surface area contributed by atoms with Gasteiger partial charge in [-0.15, -0.1) is 0 Å². The van der Waals surface area contributed by atoms with Crippen LogP contribution in [0.15, 0.2) is 60.8 Å². The smallest absolute Gasteiger partial charge is 0.472 e. The molecule has 0 aromatic heterocycles.